The first-order valence-corrected chi connectivity index (χ1v) is 10.1. The number of nitrogens with zero attached hydrogens (tertiary/aromatic N) is 1. The minimum absolute atomic E-state index is 0.0665. The molecule has 0 fully saturated rings. The highest BCUT2D eigenvalue weighted by atomic mass is 19.4. The predicted molar refractivity (Wildman–Crippen MR) is 116 cm³/mol. The van der Waals surface area contributed by atoms with Crippen molar-refractivity contribution in [1.82, 2.24) is 5.32 Å². The molecule has 0 atom stereocenters. The average molecular weight is 431 g/mol. The van der Waals surface area contributed by atoms with Crippen LogP contribution in [-0.4, -0.2) is 5.84 Å². The molecule has 7 heteroatoms. The fourth-order valence-corrected chi connectivity index (χ4v) is 3.64. The Morgan fingerprint density at radius 2 is 1.84 bits per heavy atom. The number of hydrogen-bond acceptors (Lipinski definition) is 2. The van der Waals surface area contributed by atoms with E-state index in [0.29, 0.717) is 35.6 Å². The molecule has 0 amide bonds. The number of nitrogens with one attached hydrogen (secondary N) is 1. The molecule has 1 aliphatic rings. The standard InChI is InChI=1S/C24H25F4N3/c1-15-11-12-18(25)13-20(15)16(2)31-23(19-8-4-6-10-22(19)29)30-14-17-7-3-5-9-21(17)24(26,27)28/h3,5,7,9,11-13H,2,4,6,8,10,14,29H2,1H3,(H,30,31). The lowest BCUT2D eigenvalue weighted by Crippen LogP contribution is -2.28. The van der Waals surface area contributed by atoms with Gasteiger partial charge in [0.25, 0.3) is 0 Å². The minimum atomic E-state index is -4.47. The summed E-state index contributed by atoms with van der Waals surface area (Å²) >= 11 is 0. The van der Waals surface area contributed by atoms with E-state index < -0.39 is 17.6 Å². The normalized spacial score (nSPS) is 15.2. The van der Waals surface area contributed by atoms with Crippen molar-refractivity contribution < 1.29 is 17.6 Å². The van der Waals surface area contributed by atoms with Gasteiger partial charge in [0.15, 0.2) is 0 Å². The zero-order valence-corrected chi connectivity index (χ0v) is 17.3. The van der Waals surface area contributed by atoms with Gasteiger partial charge in [0.05, 0.1) is 12.1 Å². The largest absolute Gasteiger partial charge is 0.416 e. The average Bonchev–Trinajstić information content (AvgIpc) is 2.72. The number of allylic oxidation sites excluding steroid dienone is 1. The lowest BCUT2D eigenvalue weighted by Gasteiger charge is -2.22. The molecule has 0 aromatic heterocycles. The SMILES string of the molecule is C=C(NC(=NCc1ccccc1C(F)(F)F)C1=C(N)CCCC1)c1cc(F)ccc1C. The van der Waals surface area contributed by atoms with E-state index in [1.807, 2.05) is 6.92 Å². The van der Waals surface area contributed by atoms with Gasteiger partial charge < -0.3 is 11.1 Å². The summed E-state index contributed by atoms with van der Waals surface area (Å²) in [6.07, 6.45) is -1.26. The van der Waals surface area contributed by atoms with Gasteiger partial charge in [-0.05, 0) is 61.9 Å². The summed E-state index contributed by atoms with van der Waals surface area (Å²) in [5.41, 5.74) is 8.77. The molecule has 0 bridgehead atoms. The molecule has 0 radical (unpaired) electrons. The zero-order chi connectivity index (χ0) is 22.6. The number of hydrogen-bond donors (Lipinski definition) is 2. The zero-order valence-electron chi connectivity index (χ0n) is 17.3. The van der Waals surface area contributed by atoms with Crippen LogP contribution in [0.4, 0.5) is 17.6 Å². The van der Waals surface area contributed by atoms with Crippen LogP contribution in [0.2, 0.25) is 0 Å². The monoisotopic (exact) mass is 431 g/mol. The van der Waals surface area contributed by atoms with E-state index in [9.17, 15) is 17.6 Å². The molecule has 164 valence electrons. The Balaban J connectivity index is 1.96. The second-order valence-electron chi connectivity index (χ2n) is 7.59. The number of aliphatic imine (C=N–C) groups is 1. The molecular weight excluding hydrogens is 406 g/mol. The van der Waals surface area contributed by atoms with Gasteiger partial charge in [-0.2, -0.15) is 13.2 Å². The number of benzene rings is 2. The van der Waals surface area contributed by atoms with Gasteiger partial charge in [0, 0.05) is 22.5 Å². The summed E-state index contributed by atoms with van der Waals surface area (Å²) < 4.78 is 53.8. The van der Waals surface area contributed by atoms with Crippen molar-refractivity contribution in [2.45, 2.75) is 45.3 Å². The van der Waals surface area contributed by atoms with E-state index in [-0.39, 0.29) is 12.1 Å². The minimum Gasteiger partial charge on any atom is -0.402 e. The van der Waals surface area contributed by atoms with Gasteiger partial charge in [-0.25, -0.2) is 4.39 Å². The van der Waals surface area contributed by atoms with E-state index >= 15 is 0 Å². The highest BCUT2D eigenvalue weighted by Crippen LogP contribution is 2.32. The number of alkyl halides is 3. The van der Waals surface area contributed by atoms with Crippen LogP contribution in [-0.2, 0) is 12.7 Å². The first kappa shape index (κ1) is 22.6. The van der Waals surface area contributed by atoms with Crippen LogP contribution in [0.25, 0.3) is 5.70 Å². The van der Waals surface area contributed by atoms with Crippen molar-refractivity contribution in [3.8, 4) is 0 Å². The third-order valence-corrected chi connectivity index (χ3v) is 5.32. The topological polar surface area (TPSA) is 50.4 Å². The van der Waals surface area contributed by atoms with Gasteiger partial charge in [0.2, 0.25) is 0 Å². The fourth-order valence-electron chi connectivity index (χ4n) is 3.64. The second kappa shape index (κ2) is 9.37. The maximum Gasteiger partial charge on any atom is 0.416 e. The quantitative estimate of drug-likeness (QED) is 0.342. The number of nitrogens with two attached hydrogens (primary N) is 1. The van der Waals surface area contributed by atoms with Crippen molar-refractivity contribution in [2.75, 3.05) is 0 Å². The third kappa shape index (κ3) is 5.54. The first-order valence-electron chi connectivity index (χ1n) is 10.1. The molecule has 1 aliphatic carbocycles. The summed E-state index contributed by atoms with van der Waals surface area (Å²) in [5.74, 6) is -0.0274. The molecule has 0 heterocycles. The van der Waals surface area contributed by atoms with E-state index in [2.05, 4.69) is 16.9 Å². The highest BCUT2D eigenvalue weighted by molar-refractivity contribution is 6.03. The van der Waals surface area contributed by atoms with E-state index in [0.717, 1.165) is 30.0 Å². The van der Waals surface area contributed by atoms with Crippen molar-refractivity contribution in [2.24, 2.45) is 10.7 Å². The molecule has 3 nitrogen and oxygen atoms in total. The molecule has 3 rings (SSSR count). The molecule has 3 N–H and O–H groups in total. The molecule has 0 saturated heterocycles. The predicted octanol–water partition coefficient (Wildman–Crippen LogP) is 6.10. The Morgan fingerprint density at radius 1 is 1.13 bits per heavy atom. The molecule has 2 aromatic carbocycles. The van der Waals surface area contributed by atoms with Crippen molar-refractivity contribution >= 4 is 11.5 Å². The van der Waals surface area contributed by atoms with Crippen molar-refractivity contribution in [3.05, 3.63) is 88.4 Å². The highest BCUT2D eigenvalue weighted by Gasteiger charge is 2.32. The Bertz CT molecular complexity index is 1040. The number of amidine groups is 1. The van der Waals surface area contributed by atoms with Crippen LogP contribution >= 0.6 is 0 Å². The summed E-state index contributed by atoms with van der Waals surface area (Å²) in [6.45, 7) is 5.65. The van der Waals surface area contributed by atoms with Gasteiger partial charge in [-0.3, -0.25) is 4.99 Å². The van der Waals surface area contributed by atoms with Crippen LogP contribution in [0, 0.1) is 12.7 Å². The van der Waals surface area contributed by atoms with Crippen molar-refractivity contribution in [1.29, 1.82) is 0 Å². The lowest BCUT2D eigenvalue weighted by molar-refractivity contribution is -0.138. The van der Waals surface area contributed by atoms with E-state index in [1.165, 1.54) is 24.3 Å². The van der Waals surface area contributed by atoms with Crippen LogP contribution in [0.5, 0.6) is 0 Å². The summed E-state index contributed by atoms with van der Waals surface area (Å²) in [6, 6.07) is 9.72. The first-order chi connectivity index (χ1) is 14.7. The molecule has 0 aliphatic heterocycles. The van der Waals surface area contributed by atoms with E-state index in [1.54, 1.807) is 12.1 Å². The van der Waals surface area contributed by atoms with E-state index in [4.69, 9.17) is 5.73 Å². The molecular formula is C24H25F4N3. The number of rotatable bonds is 5. The summed E-state index contributed by atoms with van der Waals surface area (Å²) in [4.78, 5) is 4.47. The lowest BCUT2D eigenvalue weighted by atomic mass is 9.95. The maximum atomic E-state index is 13.8. The molecule has 31 heavy (non-hydrogen) atoms. The van der Waals surface area contributed by atoms with Crippen LogP contribution in [0.3, 0.4) is 0 Å². The number of halogens is 4. The van der Waals surface area contributed by atoms with Crippen molar-refractivity contribution in [3.63, 3.8) is 0 Å². The molecule has 0 spiro atoms. The van der Waals surface area contributed by atoms with Gasteiger partial charge in [0.1, 0.15) is 11.7 Å². The third-order valence-electron chi connectivity index (χ3n) is 5.32. The summed E-state index contributed by atoms with van der Waals surface area (Å²) in [7, 11) is 0. The van der Waals surface area contributed by atoms with Gasteiger partial charge in [-0.1, -0.05) is 30.8 Å². The number of aryl methyl sites for hydroxylation is 1. The Labute approximate surface area is 179 Å². The smallest absolute Gasteiger partial charge is 0.402 e. The molecule has 0 saturated carbocycles. The molecule has 0 unspecified atom stereocenters. The molecule has 2 aromatic rings. The Morgan fingerprint density at radius 3 is 2.55 bits per heavy atom. The fraction of sp³-hybridized carbons (Fsp3) is 0.292. The van der Waals surface area contributed by atoms with Crippen LogP contribution < -0.4 is 11.1 Å². The second-order valence-corrected chi connectivity index (χ2v) is 7.59. The maximum absolute atomic E-state index is 13.8. The van der Waals surface area contributed by atoms with Gasteiger partial charge >= 0.3 is 6.18 Å². The van der Waals surface area contributed by atoms with Gasteiger partial charge in [-0.15, -0.1) is 0 Å². The Hall–Kier alpha value is -3.09. The Kier molecular flexibility index (Phi) is 6.83. The van der Waals surface area contributed by atoms with Crippen LogP contribution in [0.15, 0.2) is 65.3 Å². The summed E-state index contributed by atoms with van der Waals surface area (Å²) in [5, 5.41) is 3.10. The van der Waals surface area contributed by atoms with Crippen LogP contribution in [0.1, 0.15) is 47.9 Å².